The van der Waals surface area contributed by atoms with Crippen molar-refractivity contribution < 1.29 is 14.0 Å². The second-order valence-electron chi connectivity index (χ2n) is 4.81. The molecule has 2 heterocycles. The summed E-state index contributed by atoms with van der Waals surface area (Å²) in [4.78, 5) is 25.1. The molecular formula is C13H19N3O3. The highest BCUT2D eigenvalue weighted by molar-refractivity contribution is 5.94. The molecule has 0 bridgehead atoms. The van der Waals surface area contributed by atoms with Crippen LogP contribution in [0.5, 0.6) is 0 Å². The van der Waals surface area contributed by atoms with Crippen LogP contribution in [0.3, 0.4) is 0 Å². The van der Waals surface area contributed by atoms with Crippen molar-refractivity contribution in [3.8, 4) is 0 Å². The van der Waals surface area contributed by atoms with Crippen molar-refractivity contribution in [2.24, 2.45) is 5.73 Å². The summed E-state index contributed by atoms with van der Waals surface area (Å²) in [7, 11) is 0. The van der Waals surface area contributed by atoms with Crippen LogP contribution in [0.15, 0.2) is 16.5 Å². The van der Waals surface area contributed by atoms with E-state index in [1.807, 2.05) is 0 Å². The molecule has 1 aromatic heterocycles. The van der Waals surface area contributed by atoms with Crippen molar-refractivity contribution in [2.75, 3.05) is 19.6 Å². The van der Waals surface area contributed by atoms with E-state index in [1.54, 1.807) is 19.1 Å². The highest BCUT2D eigenvalue weighted by atomic mass is 16.3. The Morgan fingerprint density at radius 3 is 2.84 bits per heavy atom. The summed E-state index contributed by atoms with van der Waals surface area (Å²) < 4.78 is 5.33. The molecule has 1 saturated heterocycles. The molecule has 0 saturated carbocycles. The third-order valence-corrected chi connectivity index (χ3v) is 3.25. The molecule has 0 radical (unpaired) electrons. The number of nitrogens with one attached hydrogen (secondary N) is 1. The summed E-state index contributed by atoms with van der Waals surface area (Å²) >= 11 is 0. The molecule has 1 unspecified atom stereocenters. The van der Waals surface area contributed by atoms with Crippen LogP contribution in [0.1, 0.15) is 29.2 Å². The van der Waals surface area contributed by atoms with Gasteiger partial charge in [0.1, 0.15) is 12.3 Å². The SMILES string of the molecule is Cc1ccc(C(=O)N(CC(N)=O)C2CCCNC2)o1. The summed E-state index contributed by atoms with van der Waals surface area (Å²) in [6, 6.07) is 3.34. The number of carbonyl (C=O) groups is 2. The molecule has 0 aromatic carbocycles. The maximum atomic E-state index is 12.4. The zero-order chi connectivity index (χ0) is 13.8. The number of amides is 2. The lowest BCUT2D eigenvalue weighted by atomic mass is 10.1. The van der Waals surface area contributed by atoms with Crippen LogP contribution in [-0.4, -0.2) is 42.4 Å². The van der Waals surface area contributed by atoms with Crippen LogP contribution in [0, 0.1) is 6.92 Å². The number of carbonyl (C=O) groups excluding carboxylic acids is 2. The van der Waals surface area contributed by atoms with Crippen molar-refractivity contribution in [2.45, 2.75) is 25.8 Å². The number of hydrogen-bond acceptors (Lipinski definition) is 4. The largest absolute Gasteiger partial charge is 0.456 e. The van der Waals surface area contributed by atoms with Gasteiger partial charge in [0.05, 0.1) is 0 Å². The molecule has 1 aliphatic heterocycles. The quantitative estimate of drug-likeness (QED) is 0.817. The monoisotopic (exact) mass is 265 g/mol. The minimum absolute atomic E-state index is 0.0147. The lowest BCUT2D eigenvalue weighted by Gasteiger charge is -2.33. The fraction of sp³-hybridized carbons (Fsp3) is 0.538. The van der Waals surface area contributed by atoms with Gasteiger partial charge in [-0.1, -0.05) is 0 Å². The van der Waals surface area contributed by atoms with Crippen LogP contribution in [0.25, 0.3) is 0 Å². The van der Waals surface area contributed by atoms with E-state index < -0.39 is 5.91 Å². The number of aryl methyl sites for hydroxylation is 1. The van der Waals surface area contributed by atoms with Crippen molar-refractivity contribution in [3.05, 3.63) is 23.7 Å². The van der Waals surface area contributed by atoms with Gasteiger partial charge in [0, 0.05) is 12.6 Å². The Hall–Kier alpha value is -1.82. The van der Waals surface area contributed by atoms with Crippen LogP contribution < -0.4 is 11.1 Å². The van der Waals surface area contributed by atoms with E-state index in [0.717, 1.165) is 19.4 Å². The first-order valence-electron chi connectivity index (χ1n) is 6.44. The fourth-order valence-electron chi connectivity index (χ4n) is 2.33. The summed E-state index contributed by atoms with van der Waals surface area (Å²) in [6.45, 7) is 3.32. The van der Waals surface area contributed by atoms with Gasteiger partial charge in [-0.05, 0) is 38.4 Å². The van der Waals surface area contributed by atoms with Gasteiger partial charge in [0.15, 0.2) is 5.76 Å². The van der Waals surface area contributed by atoms with Gasteiger partial charge in [-0.15, -0.1) is 0 Å². The fourth-order valence-corrected chi connectivity index (χ4v) is 2.33. The first kappa shape index (κ1) is 13.6. The maximum Gasteiger partial charge on any atom is 0.290 e. The third-order valence-electron chi connectivity index (χ3n) is 3.25. The van der Waals surface area contributed by atoms with Gasteiger partial charge in [-0.3, -0.25) is 9.59 Å². The Morgan fingerprint density at radius 1 is 1.53 bits per heavy atom. The predicted molar refractivity (Wildman–Crippen MR) is 69.6 cm³/mol. The minimum Gasteiger partial charge on any atom is -0.456 e. The number of nitrogens with zero attached hydrogens (tertiary/aromatic N) is 1. The van der Waals surface area contributed by atoms with Crippen molar-refractivity contribution in [1.29, 1.82) is 0 Å². The molecule has 6 heteroatoms. The minimum atomic E-state index is -0.512. The summed E-state index contributed by atoms with van der Waals surface area (Å²) in [5.41, 5.74) is 5.24. The van der Waals surface area contributed by atoms with E-state index in [4.69, 9.17) is 10.2 Å². The number of rotatable bonds is 4. The molecule has 2 rings (SSSR count). The average molecular weight is 265 g/mol. The van der Waals surface area contributed by atoms with Gasteiger partial charge in [-0.2, -0.15) is 0 Å². The summed E-state index contributed by atoms with van der Waals surface area (Å²) in [6.07, 6.45) is 1.84. The van der Waals surface area contributed by atoms with Crippen LogP contribution in [0.4, 0.5) is 0 Å². The Labute approximate surface area is 111 Å². The van der Waals surface area contributed by atoms with E-state index >= 15 is 0 Å². The van der Waals surface area contributed by atoms with Gasteiger partial charge >= 0.3 is 0 Å². The molecule has 19 heavy (non-hydrogen) atoms. The van der Waals surface area contributed by atoms with E-state index in [0.29, 0.717) is 12.3 Å². The molecule has 1 aromatic rings. The smallest absolute Gasteiger partial charge is 0.290 e. The molecule has 3 N–H and O–H groups in total. The lowest BCUT2D eigenvalue weighted by Crippen LogP contribution is -2.51. The van der Waals surface area contributed by atoms with E-state index in [-0.39, 0.29) is 24.3 Å². The maximum absolute atomic E-state index is 12.4. The van der Waals surface area contributed by atoms with E-state index in [1.165, 1.54) is 4.90 Å². The van der Waals surface area contributed by atoms with Gasteiger partial charge in [0.2, 0.25) is 5.91 Å². The number of hydrogen-bond donors (Lipinski definition) is 2. The van der Waals surface area contributed by atoms with Gasteiger partial charge in [0.25, 0.3) is 5.91 Å². The number of nitrogens with two attached hydrogens (primary N) is 1. The molecule has 1 fully saturated rings. The molecule has 0 aliphatic carbocycles. The van der Waals surface area contributed by atoms with E-state index in [2.05, 4.69) is 5.32 Å². The second kappa shape index (κ2) is 5.88. The molecule has 6 nitrogen and oxygen atoms in total. The van der Waals surface area contributed by atoms with Gasteiger partial charge in [-0.25, -0.2) is 0 Å². The highest BCUT2D eigenvalue weighted by Gasteiger charge is 2.28. The predicted octanol–water partition coefficient (Wildman–Crippen LogP) is 0.268. The molecule has 2 amide bonds. The van der Waals surface area contributed by atoms with E-state index in [9.17, 15) is 9.59 Å². The number of furan rings is 1. The standard InChI is InChI=1S/C13H19N3O3/c1-9-4-5-11(19-9)13(18)16(8-12(14)17)10-3-2-6-15-7-10/h4-5,10,15H,2-3,6-8H2,1H3,(H2,14,17). The van der Waals surface area contributed by atoms with Crippen molar-refractivity contribution in [1.82, 2.24) is 10.2 Å². The Bertz CT molecular complexity index is 463. The van der Waals surface area contributed by atoms with Crippen molar-refractivity contribution >= 4 is 11.8 Å². The Balaban J connectivity index is 2.16. The highest BCUT2D eigenvalue weighted by Crippen LogP contribution is 2.16. The lowest BCUT2D eigenvalue weighted by molar-refractivity contribution is -0.119. The summed E-state index contributed by atoms with van der Waals surface area (Å²) in [5.74, 6) is 0.135. The topological polar surface area (TPSA) is 88.6 Å². The van der Waals surface area contributed by atoms with Gasteiger partial charge < -0.3 is 20.4 Å². The second-order valence-corrected chi connectivity index (χ2v) is 4.81. The summed E-state index contributed by atoms with van der Waals surface area (Å²) in [5, 5.41) is 3.22. The van der Waals surface area contributed by atoms with Crippen molar-refractivity contribution in [3.63, 3.8) is 0 Å². The molecule has 0 spiro atoms. The molecule has 1 atom stereocenters. The van der Waals surface area contributed by atoms with Crippen LogP contribution in [-0.2, 0) is 4.79 Å². The average Bonchev–Trinajstić information content (AvgIpc) is 2.83. The van der Waals surface area contributed by atoms with Crippen LogP contribution in [0.2, 0.25) is 0 Å². The number of primary amides is 1. The van der Waals surface area contributed by atoms with Crippen LogP contribution >= 0.6 is 0 Å². The Kier molecular flexibility index (Phi) is 4.21. The zero-order valence-electron chi connectivity index (χ0n) is 11.0. The first-order chi connectivity index (χ1) is 9.08. The third kappa shape index (κ3) is 3.35. The Morgan fingerprint density at radius 2 is 2.32 bits per heavy atom. The zero-order valence-corrected chi connectivity index (χ0v) is 11.0. The normalized spacial score (nSPS) is 19.1. The number of piperidine rings is 1. The molecule has 1 aliphatic rings. The first-order valence-corrected chi connectivity index (χ1v) is 6.44. The molecule has 104 valence electrons. The molecular weight excluding hydrogens is 246 g/mol.